The van der Waals surface area contributed by atoms with Crippen molar-refractivity contribution >= 4 is 11.8 Å². The summed E-state index contributed by atoms with van der Waals surface area (Å²) in [5, 5.41) is 5.85. The standard InChI is InChI=1S/C8H11N3O3/c1-4(7(9)12)11-8(13)6-3-10-14-5(6)2/h3-4H,1-2H3,(H2,9,12)(H,11,13)/t4-/m0/s1. The molecule has 0 bridgehead atoms. The van der Waals surface area contributed by atoms with Crippen LogP contribution in [-0.4, -0.2) is 23.0 Å². The van der Waals surface area contributed by atoms with E-state index in [1.54, 1.807) is 6.92 Å². The van der Waals surface area contributed by atoms with Gasteiger partial charge in [0.1, 0.15) is 17.4 Å². The summed E-state index contributed by atoms with van der Waals surface area (Å²) in [5.41, 5.74) is 5.29. The molecule has 0 fully saturated rings. The number of amides is 2. The molecule has 0 radical (unpaired) electrons. The molecule has 6 heteroatoms. The minimum absolute atomic E-state index is 0.304. The van der Waals surface area contributed by atoms with Crippen molar-refractivity contribution in [1.82, 2.24) is 10.5 Å². The monoisotopic (exact) mass is 197 g/mol. The number of hydrogen-bond acceptors (Lipinski definition) is 4. The number of aromatic nitrogens is 1. The van der Waals surface area contributed by atoms with Gasteiger partial charge in [0.2, 0.25) is 5.91 Å². The Labute approximate surface area is 80.4 Å². The number of primary amides is 1. The summed E-state index contributed by atoms with van der Waals surface area (Å²) < 4.78 is 4.70. The Morgan fingerprint density at radius 1 is 1.64 bits per heavy atom. The van der Waals surface area contributed by atoms with Gasteiger partial charge in [-0.3, -0.25) is 9.59 Å². The van der Waals surface area contributed by atoms with Gasteiger partial charge in [-0.05, 0) is 13.8 Å². The summed E-state index contributed by atoms with van der Waals surface area (Å²) in [5.74, 6) is -0.610. The van der Waals surface area contributed by atoms with Gasteiger partial charge in [-0.15, -0.1) is 0 Å². The number of carbonyl (C=O) groups is 2. The maximum atomic E-state index is 11.4. The highest BCUT2D eigenvalue weighted by molar-refractivity contribution is 5.97. The number of nitrogens with zero attached hydrogens (tertiary/aromatic N) is 1. The topological polar surface area (TPSA) is 98.2 Å². The van der Waals surface area contributed by atoms with Crippen LogP contribution in [0.1, 0.15) is 23.0 Å². The predicted molar refractivity (Wildman–Crippen MR) is 47.4 cm³/mol. The first-order chi connectivity index (χ1) is 6.52. The third-order valence-corrected chi connectivity index (χ3v) is 1.77. The summed E-state index contributed by atoms with van der Waals surface area (Å²) in [4.78, 5) is 22.1. The van der Waals surface area contributed by atoms with Crippen molar-refractivity contribution in [2.24, 2.45) is 5.73 Å². The van der Waals surface area contributed by atoms with Gasteiger partial charge in [0.25, 0.3) is 5.91 Å². The fourth-order valence-corrected chi connectivity index (χ4v) is 0.862. The largest absolute Gasteiger partial charge is 0.368 e. The van der Waals surface area contributed by atoms with Crippen LogP contribution in [-0.2, 0) is 4.79 Å². The van der Waals surface area contributed by atoms with Crippen LogP contribution in [0.5, 0.6) is 0 Å². The zero-order valence-electron chi connectivity index (χ0n) is 7.90. The molecule has 0 aliphatic heterocycles. The lowest BCUT2D eigenvalue weighted by Gasteiger charge is -2.08. The Kier molecular flexibility index (Phi) is 2.85. The fourth-order valence-electron chi connectivity index (χ4n) is 0.862. The molecule has 3 N–H and O–H groups in total. The van der Waals surface area contributed by atoms with E-state index in [1.807, 2.05) is 0 Å². The van der Waals surface area contributed by atoms with E-state index in [0.717, 1.165) is 0 Å². The molecule has 0 aliphatic carbocycles. The lowest BCUT2D eigenvalue weighted by atomic mass is 10.2. The van der Waals surface area contributed by atoms with Gasteiger partial charge < -0.3 is 15.6 Å². The first kappa shape index (κ1) is 10.2. The summed E-state index contributed by atoms with van der Waals surface area (Å²) >= 11 is 0. The second-order valence-corrected chi connectivity index (χ2v) is 2.89. The first-order valence-electron chi connectivity index (χ1n) is 4.04. The van der Waals surface area contributed by atoms with Gasteiger partial charge in [-0.1, -0.05) is 5.16 Å². The molecule has 1 heterocycles. The average molecular weight is 197 g/mol. The molecule has 0 saturated heterocycles. The van der Waals surface area contributed by atoms with E-state index < -0.39 is 17.9 Å². The summed E-state index contributed by atoms with van der Waals surface area (Å²) in [7, 11) is 0. The van der Waals surface area contributed by atoms with Crippen LogP contribution in [0.3, 0.4) is 0 Å². The van der Waals surface area contributed by atoms with Crippen molar-refractivity contribution in [2.45, 2.75) is 19.9 Å². The highest BCUT2D eigenvalue weighted by Gasteiger charge is 2.17. The highest BCUT2D eigenvalue weighted by Crippen LogP contribution is 2.05. The van der Waals surface area contributed by atoms with Gasteiger partial charge in [0.15, 0.2) is 0 Å². The van der Waals surface area contributed by atoms with E-state index in [0.29, 0.717) is 11.3 Å². The Hall–Kier alpha value is -1.85. The number of hydrogen-bond donors (Lipinski definition) is 2. The first-order valence-corrected chi connectivity index (χ1v) is 4.04. The van der Waals surface area contributed by atoms with Crippen LogP contribution >= 0.6 is 0 Å². The number of nitrogens with two attached hydrogens (primary N) is 1. The van der Waals surface area contributed by atoms with E-state index in [2.05, 4.69) is 10.5 Å². The maximum absolute atomic E-state index is 11.4. The zero-order chi connectivity index (χ0) is 10.7. The van der Waals surface area contributed by atoms with Crippen molar-refractivity contribution < 1.29 is 14.1 Å². The molecule has 1 rings (SSSR count). The lowest BCUT2D eigenvalue weighted by Crippen LogP contribution is -2.42. The van der Waals surface area contributed by atoms with E-state index in [1.165, 1.54) is 13.1 Å². The van der Waals surface area contributed by atoms with Crippen LogP contribution in [0.2, 0.25) is 0 Å². The van der Waals surface area contributed by atoms with E-state index in [4.69, 9.17) is 10.3 Å². The van der Waals surface area contributed by atoms with Crippen LogP contribution in [0, 0.1) is 6.92 Å². The van der Waals surface area contributed by atoms with Crippen LogP contribution in [0.4, 0.5) is 0 Å². The normalized spacial score (nSPS) is 12.1. The molecule has 0 aliphatic rings. The van der Waals surface area contributed by atoms with Crippen LogP contribution in [0.25, 0.3) is 0 Å². The fraction of sp³-hybridized carbons (Fsp3) is 0.375. The molecular formula is C8H11N3O3. The van der Waals surface area contributed by atoms with Gasteiger partial charge in [0, 0.05) is 0 Å². The number of carbonyl (C=O) groups excluding carboxylic acids is 2. The highest BCUT2D eigenvalue weighted by atomic mass is 16.5. The SMILES string of the molecule is Cc1oncc1C(=O)N[C@@H](C)C(N)=O. The van der Waals surface area contributed by atoms with Gasteiger partial charge in [-0.25, -0.2) is 0 Å². The number of aryl methyl sites for hydroxylation is 1. The molecule has 6 nitrogen and oxygen atoms in total. The minimum Gasteiger partial charge on any atom is -0.368 e. The van der Waals surface area contributed by atoms with Crippen molar-refractivity contribution in [2.75, 3.05) is 0 Å². The zero-order valence-corrected chi connectivity index (χ0v) is 7.90. The molecule has 1 atom stereocenters. The Bertz CT molecular complexity index is 358. The Morgan fingerprint density at radius 2 is 2.29 bits per heavy atom. The summed E-state index contributed by atoms with van der Waals surface area (Å²) in [6, 6.07) is -0.711. The van der Waals surface area contributed by atoms with Crippen molar-refractivity contribution in [1.29, 1.82) is 0 Å². The Morgan fingerprint density at radius 3 is 2.71 bits per heavy atom. The second-order valence-electron chi connectivity index (χ2n) is 2.89. The minimum atomic E-state index is -0.711. The molecule has 0 spiro atoms. The van der Waals surface area contributed by atoms with E-state index in [-0.39, 0.29) is 0 Å². The maximum Gasteiger partial charge on any atom is 0.257 e. The number of rotatable bonds is 3. The molecule has 1 aromatic heterocycles. The van der Waals surface area contributed by atoms with Crippen molar-refractivity contribution in [3.8, 4) is 0 Å². The average Bonchev–Trinajstić information content (AvgIpc) is 2.51. The molecular weight excluding hydrogens is 186 g/mol. The van der Waals surface area contributed by atoms with Crippen molar-refractivity contribution in [3.05, 3.63) is 17.5 Å². The van der Waals surface area contributed by atoms with Crippen molar-refractivity contribution in [3.63, 3.8) is 0 Å². The Balaban J connectivity index is 2.69. The quantitative estimate of drug-likeness (QED) is 0.687. The summed E-state index contributed by atoms with van der Waals surface area (Å²) in [6.45, 7) is 3.11. The second kappa shape index (κ2) is 3.91. The summed E-state index contributed by atoms with van der Waals surface area (Å²) in [6.07, 6.45) is 1.29. The smallest absolute Gasteiger partial charge is 0.257 e. The molecule has 0 unspecified atom stereocenters. The predicted octanol–water partition coefficient (Wildman–Crippen LogP) is -0.413. The molecule has 14 heavy (non-hydrogen) atoms. The third-order valence-electron chi connectivity index (χ3n) is 1.77. The third kappa shape index (κ3) is 2.09. The van der Waals surface area contributed by atoms with Gasteiger partial charge in [0.05, 0.1) is 6.20 Å². The molecule has 76 valence electrons. The van der Waals surface area contributed by atoms with Crippen LogP contribution in [0.15, 0.2) is 10.7 Å². The molecule has 1 aromatic rings. The molecule has 2 amide bonds. The van der Waals surface area contributed by atoms with E-state index in [9.17, 15) is 9.59 Å². The van der Waals surface area contributed by atoms with Gasteiger partial charge >= 0.3 is 0 Å². The molecule has 0 saturated carbocycles. The van der Waals surface area contributed by atoms with Gasteiger partial charge in [-0.2, -0.15) is 0 Å². The van der Waals surface area contributed by atoms with Crippen LogP contribution < -0.4 is 11.1 Å². The molecule has 0 aromatic carbocycles. The number of nitrogens with one attached hydrogen (secondary N) is 1. The lowest BCUT2D eigenvalue weighted by molar-refractivity contribution is -0.119. The van der Waals surface area contributed by atoms with E-state index >= 15 is 0 Å².